The molecule has 1 aliphatic carbocycles. The van der Waals surface area contributed by atoms with Crippen molar-refractivity contribution in [2.24, 2.45) is 5.92 Å². The number of sulfonamides is 1. The van der Waals surface area contributed by atoms with Gasteiger partial charge in [0.2, 0.25) is 15.9 Å². The molecule has 1 aromatic heterocycles. The number of ether oxygens (including phenoxy) is 2. The zero-order chi connectivity index (χ0) is 22.1. The van der Waals surface area contributed by atoms with Crippen molar-refractivity contribution in [1.82, 2.24) is 14.6 Å². The van der Waals surface area contributed by atoms with Gasteiger partial charge in [-0.15, -0.1) is 0 Å². The predicted octanol–water partition coefficient (Wildman–Crippen LogP) is 2.49. The van der Waals surface area contributed by atoms with E-state index in [9.17, 15) is 13.2 Å². The molecule has 1 N–H and O–H groups in total. The number of fused-ring (bicyclic) bond motifs is 2. The first-order chi connectivity index (χ1) is 15.5. The Morgan fingerprint density at radius 2 is 1.81 bits per heavy atom. The minimum atomic E-state index is -3.89. The number of nitrogens with zero attached hydrogens (tertiary/aromatic N) is 2. The highest BCUT2D eigenvalue weighted by molar-refractivity contribution is 7.89. The summed E-state index contributed by atoms with van der Waals surface area (Å²) in [6, 6.07) is 7.49. The zero-order valence-corrected chi connectivity index (χ0v) is 18.6. The second kappa shape index (κ2) is 8.71. The van der Waals surface area contributed by atoms with Crippen LogP contribution < -0.4 is 14.8 Å². The zero-order valence-electron chi connectivity index (χ0n) is 17.8. The topological polar surface area (TPSA) is 97.8 Å². The van der Waals surface area contributed by atoms with Crippen LogP contribution >= 0.6 is 0 Å². The maximum atomic E-state index is 13.8. The highest BCUT2D eigenvalue weighted by Crippen LogP contribution is 2.43. The van der Waals surface area contributed by atoms with Crippen LogP contribution in [-0.2, 0) is 21.4 Å². The summed E-state index contributed by atoms with van der Waals surface area (Å²) in [7, 11) is -3.89. The number of pyridine rings is 1. The average Bonchev–Trinajstić information content (AvgIpc) is 3.23. The molecule has 32 heavy (non-hydrogen) atoms. The minimum absolute atomic E-state index is 0.139. The van der Waals surface area contributed by atoms with E-state index in [1.165, 1.54) is 10.4 Å². The Bertz CT molecular complexity index is 1090. The van der Waals surface area contributed by atoms with E-state index in [2.05, 4.69) is 10.3 Å². The Morgan fingerprint density at radius 1 is 1.06 bits per heavy atom. The van der Waals surface area contributed by atoms with Crippen molar-refractivity contribution in [2.75, 3.05) is 13.2 Å². The molecule has 2 aromatic rings. The summed E-state index contributed by atoms with van der Waals surface area (Å²) in [5, 5.41) is 2.94. The molecule has 0 spiro atoms. The fourth-order valence-electron chi connectivity index (χ4n) is 5.10. The lowest BCUT2D eigenvalue weighted by Gasteiger charge is -2.33. The maximum absolute atomic E-state index is 13.8. The number of nitrogens with one attached hydrogen (secondary N) is 1. The van der Waals surface area contributed by atoms with Gasteiger partial charge in [0.1, 0.15) is 19.3 Å². The summed E-state index contributed by atoms with van der Waals surface area (Å²) < 4.78 is 40.2. The molecular weight excluding hydrogens is 430 g/mol. The summed E-state index contributed by atoms with van der Waals surface area (Å²) in [5.41, 5.74) is 0.921. The molecule has 3 heterocycles. The first-order valence-electron chi connectivity index (χ1n) is 11.1. The van der Waals surface area contributed by atoms with Gasteiger partial charge in [0, 0.05) is 31.0 Å². The summed E-state index contributed by atoms with van der Waals surface area (Å²) in [6.07, 6.45) is 7.67. The van der Waals surface area contributed by atoms with Crippen molar-refractivity contribution in [3.05, 3.63) is 48.3 Å². The third kappa shape index (κ3) is 3.95. The molecule has 1 saturated heterocycles. The molecule has 3 aliphatic rings. The number of carbonyl (C=O) groups is 1. The van der Waals surface area contributed by atoms with Gasteiger partial charge in [-0.05, 0) is 55.0 Å². The number of hydrogen-bond acceptors (Lipinski definition) is 6. The quantitative estimate of drug-likeness (QED) is 0.741. The van der Waals surface area contributed by atoms with Gasteiger partial charge in [-0.2, -0.15) is 4.31 Å². The molecule has 1 saturated carbocycles. The van der Waals surface area contributed by atoms with E-state index in [1.807, 2.05) is 12.1 Å². The number of benzene rings is 1. The molecule has 170 valence electrons. The van der Waals surface area contributed by atoms with Gasteiger partial charge >= 0.3 is 0 Å². The number of rotatable bonds is 5. The first kappa shape index (κ1) is 21.2. The van der Waals surface area contributed by atoms with Gasteiger partial charge in [-0.3, -0.25) is 9.78 Å². The third-order valence-electron chi connectivity index (χ3n) is 6.64. The van der Waals surface area contributed by atoms with Gasteiger partial charge in [0.15, 0.2) is 11.5 Å². The standard InChI is InChI=1S/C23H27N3O5S/c27-23(25-15-16-7-9-24-10-8-16)20-13-17-3-1-2-4-19(17)26(20)32(28,29)18-5-6-21-22(14-18)31-12-11-30-21/h5-10,14,17,19-20H,1-4,11-13,15H2,(H,25,27)/t17-,19+,20-/m0/s1. The van der Waals surface area contributed by atoms with E-state index in [1.54, 1.807) is 24.5 Å². The Hall–Kier alpha value is -2.65. The second-order valence-corrected chi connectivity index (χ2v) is 10.4. The predicted molar refractivity (Wildman–Crippen MR) is 117 cm³/mol. The van der Waals surface area contributed by atoms with E-state index in [-0.39, 0.29) is 22.8 Å². The van der Waals surface area contributed by atoms with Gasteiger partial charge in [0.25, 0.3) is 0 Å². The van der Waals surface area contributed by atoms with E-state index < -0.39 is 16.1 Å². The van der Waals surface area contributed by atoms with Crippen molar-refractivity contribution < 1.29 is 22.7 Å². The Morgan fingerprint density at radius 3 is 2.62 bits per heavy atom. The summed E-state index contributed by atoms with van der Waals surface area (Å²) in [5.74, 6) is 0.916. The van der Waals surface area contributed by atoms with Crippen molar-refractivity contribution in [2.45, 2.75) is 55.6 Å². The molecular formula is C23H27N3O5S. The maximum Gasteiger partial charge on any atom is 0.244 e. The number of hydrogen-bond donors (Lipinski definition) is 1. The molecule has 0 radical (unpaired) electrons. The molecule has 2 fully saturated rings. The first-order valence-corrected chi connectivity index (χ1v) is 12.6. The molecule has 1 amide bonds. The Labute approximate surface area is 188 Å². The Kier molecular flexibility index (Phi) is 5.77. The summed E-state index contributed by atoms with van der Waals surface area (Å²) in [6.45, 7) is 1.16. The fraction of sp³-hybridized carbons (Fsp3) is 0.478. The molecule has 8 nitrogen and oxygen atoms in total. The normalized spacial score (nSPS) is 25.2. The van der Waals surface area contributed by atoms with Gasteiger partial charge < -0.3 is 14.8 Å². The molecule has 1 aromatic carbocycles. The van der Waals surface area contributed by atoms with Crippen LogP contribution in [0.4, 0.5) is 0 Å². The summed E-state index contributed by atoms with van der Waals surface area (Å²) in [4.78, 5) is 17.3. The van der Waals surface area contributed by atoms with Crippen LogP contribution in [0, 0.1) is 5.92 Å². The Balaban J connectivity index is 1.43. The molecule has 5 rings (SSSR count). The van der Waals surface area contributed by atoms with Crippen LogP contribution in [0.15, 0.2) is 47.6 Å². The van der Waals surface area contributed by atoms with E-state index >= 15 is 0 Å². The van der Waals surface area contributed by atoms with Crippen LogP contribution in [0.3, 0.4) is 0 Å². The third-order valence-corrected chi connectivity index (χ3v) is 8.57. The summed E-state index contributed by atoms with van der Waals surface area (Å²) >= 11 is 0. The molecule has 9 heteroatoms. The van der Waals surface area contributed by atoms with Crippen molar-refractivity contribution in [3.63, 3.8) is 0 Å². The second-order valence-electron chi connectivity index (χ2n) is 8.58. The lowest BCUT2D eigenvalue weighted by Crippen LogP contribution is -2.49. The van der Waals surface area contributed by atoms with Gasteiger partial charge in [0.05, 0.1) is 4.90 Å². The number of carbonyl (C=O) groups excluding carboxylic acids is 1. The van der Waals surface area contributed by atoms with Crippen LogP contribution in [0.1, 0.15) is 37.7 Å². The van der Waals surface area contributed by atoms with Crippen molar-refractivity contribution >= 4 is 15.9 Å². The molecule has 0 bridgehead atoms. The van der Waals surface area contributed by atoms with E-state index in [0.29, 0.717) is 37.7 Å². The smallest absolute Gasteiger partial charge is 0.244 e. The average molecular weight is 458 g/mol. The lowest BCUT2D eigenvalue weighted by atomic mass is 9.85. The number of aromatic nitrogens is 1. The monoisotopic (exact) mass is 457 g/mol. The highest BCUT2D eigenvalue weighted by atomic mass is 32.2. The van der Waals surface area contributed by atoms with Crippen LogP contribution in [0.25, 0.3) is 0 Å². The van der Waals surface area contributed by atoms with Crippen molar-refractivity contribution in [3.8, 4) is 11.5 Å². The molecule has 2 aliphatic heterocycles. The lowest BCUT2D eigenvalue weighted by molar-refractivity contribution is -0.124. The molecule has 0 unspecified atom stereocenters. The van der Waals surface area contributed by atoms with Gasteiger partial charge in [-0.1, -0.05) is 12.8 Å². The number of amides is 1. The van der Waals surface area contributed by atoms with Crippen molar-refractivity contribution in [1.29, 1.82) is 0 Å². The minimum Gasteiger partial charge on any atom is -0.486 e. The van der Waals surface area contributed by atoms with Crippen LogP contribution in [-0.4, -0.2) is 48.9 Å². The van der Waals surface area contributed by atoms with E-state index in [4.69, 9.17) is 9.47 Å². The SMILES string of the molecule is O=C(NCc1ccncc1)[C@@H]1C[C@@H]2CCCC[C@H]2N1S(=O)(=O)c1ccc2c(c1)OCCO2. The van der Waals surface area contributed by atoms with Crippen LogP contribution in [0.2, 0.25) is 0 Å². The fourth-order valence-corrected chi connectivity index (χ4v) is 6.99. The van der Waals surface area contributed by atoms with Crippen LogP contribution in [0.5, 0.6) is 11.5 Å². The largest absolute Gasteiger partial charge is 0.486 e. The molecule has 3 atom stereocenters. The van der Waals surface area contributed by atoms with E-state index in [0.717, 1.165) is 31.2 Å². The van der Waals surface area contributed by atoms with Gasteiger partial charge in [-0.25, -0.2) is 8.42 Å². The highest BCUT2D eigenvalue weighted by Gasteiger charge is 2.51.